The van der Waals surface area contributed by atoms with E-state index in [0.29, 0.717) is 5.56 Å². The van der Waals surface area contributed by atoms with E-state index in [1.807, 2.05) is 17.0 Å². The number of likely N-dealkylation sites (N-methyl/N-ethyl adjacent to an activating group) is 1. The van der Waals surface area contributed by atoms with Gasteiger partial charge in [-0.3, -0.25) is 4.79 Å². The molecule has 0 saturated carbocycles. The fraction of sp³-hybridized carbons (Fsp3) is 0.429. The Hall–Kier alpha value is -2.40. The maximum Gasteiger partial charge on any atom is 0.255 e. The van der Waals surface area contributed by atoms with Crippen LogP contribution in [0.15, 0.2) is 42.6 Å². The fourth-order valence-corrected chi connectivity index (χ4v) is 3.89. The molecular weight excluding hydrogens is 324 g/mol. The van der Waals surface area contributed by atoms with E-state index < -0.39 is 0 Å². The summed E-state index contributed by atoms with van der Waals surface area (Å²) in [5.41, 5.74) is 3.29. The Kier molecular flexibility index (Phi) is 4.89. The number of pyridine rings is 1. The Morgan fingerprint density at radius 3 is 2.58 bits per heavy atom. The number of hydrogen-bond acceptors (Lipinski definition) is 4. The van der Waals surface area contributed by atoms with Gasteiger partial charge in [0.25, 0.3) is 5.91 Å². The van der Waals surface area contributed by atoms with Crippen molar-refractivity contribution in [2.24, 2.45) is 0 Å². The Morgan fingerprint density at radius 1 is 1.04 bits per heavy atom. The summed E-state index contributed by atoms with van der Waals surface area (Å²) < 4.78 is 0. The molecule has 0 N–H and O–H groups in total. The van der Waals surface area contributed by atoms with Crippen molar-refractivity contribution in [1.82, 2.24) is 14.8 Å². The summed E-state index contributed by atoms with van der Waals surface area (Å²) in [7, 11) is 0. The van der Waals surface area contributed by atoms with Crippen molar-refractivity contribution in [3.8, 4) is 0 Å². The highest BCUT2D eigenvalue weighted by Crippen LogP contribution is 2.32. The Morgan fingerprint density at radius 2 is 1.85 bits per heavy atom. The first-order valence-electron chi connectivity index (χ1n) is 9.59. The summed E-state index contributed by atoms with van der Waals surface area (Å²) in [5.74, 6) is 1.02. The third-order valence-corrected chi connectivity index (χ3v) is 5.49. The second-order valence-electron chi connectivity index (χ2n) is 7.02. The lowest BCUT2D eigenvalue weighted by Crippen LogP contribution is -2.48. The van der Waals surface area contributed by atoms with Gasteiger partial charge in [0.1, 0.15) is 5.82 Å². The van der Waals surface area contributed by atoms with Crippen LogP contribution in [0, 0.1) is 0 Å². The maximum absolute atomic E-state index is 12.7. The second-order valence-corrected chi connectivity index (χ2v) is 7.02. The molecule has 1 aromatic carbocycles. The molecule has 0 bridgehead atoms. The van der Waals surface area contributed by atoms with Crippen LogP contribution >= 0.6 is 0 Å². The molecule has 0 aliphatic carbocycles. The van der Waals surface area contributed by atoms with Gasteiger partial charge in [-0.25, -0.2) is 4.98 Å². The average molecular weight is 350 g/mol. The number of nitrogens with zero attached hydrogens (tertiary/aromatic N) is 4. The number of carbonyl (C=O) groups excluding carboxylic acids is 1. The number of carbonyl (C=O) groups is 1. The molecule has 5 heteroatoms. The number of fused-ring (bicyclic) bond motifs is 1. The van der Waals surface area contributed by atoms with Crippen molar-refractivity contribution in [2.75, 3.05) is 44.2 Å². The van der Waals surface area contributed by atoms with Crippen molar-refractivity contribution in [1.29, 1.82) is 0 Å². The van der Waals surface area contributed by atoms with Crippen molar-refractivity contribution < 1.29 is 4.79 Å². The number of aryl methyl sites for hydroxylation is 1. The van der Waals surface area contributed by atoms with Crippen LogP contribution in [0.1, 0.15) is 29.3 Å². The molecule has 26 heavy (non-hydrogen) atoms. The number of hydrogen-bond donors (Lipinski definition) is 0. The van der Waals surface area contributed by atoms with Crippen molar-refractivity contribution in [3.63, 3.8) is 0 Å². The van der Waals surface area contributed by atoms with Crippen LogP contribution < -0.4 is 4.90 Å². The molecule has 1 fully saturated rings. The zero-order chi connectivity index (χ0) is 17.9. The molecule has 5 nitrogen and oxygen atoms in total. The number of para-hydroxylation sites is 1. The highest BCUT2D eigenvalue weighted by Gasteiger charge is 2.23. The normalized spacial score (nSPS) is 17.9. The van der Waals surface area contributed by atoms with E-state index in [0.717, 1.165) is 57.9 Å². The lowest BCUT2D eigenvalue weighted by atomic mass is 10.0. The third kappa shape index (κ3) is 3.31. The van der Waals surface area contributed by atoms with Crippen LogP contribution in [0.4, 0.5) is 11.5 Å². The van der Waals surface area contributed by atoms with Gasteiger partial charge in [0, 0.05) is 44.6 Å². The average Bonchev–Trinajstić information content (AvgIpc) is 2.73. The van der Waals surface area contributed by atoms with Gasteiger partial charge in [0.15, 0.2) is 0 Å². The molecule has 0 spiro atoms. The van der Waals surface area contributed by atoms with Gasteiger partial charge < -0.3 is 14.7 Å². The molecule has 0 radical (unpaired) electrons. The Labute approximate surface area is 155 Å². The molecule has 1 aromatic heterocycles. The number of amides is 1. The predicted octanol–water partition coefficient (Wildman–Crippen LogP) is 2.94. The summed E-state index contributed by atoms with van der Waals surface area (Å²) in [4.78, 5) is 23.9. The van der Waals surface area contributed by atoms with E-state index in [1.165, 1.54) is 11.3 Å². The lowest BCUT2D eigenvalue weighted by Gasteiger charge is -2.34. The molecule has 3 heterocycles. The minimum atomic E-state index is 0.0962. The zero-order valence-electron chi connectivity index (χ0n) is 15.4. The summed E-state index contributed by atoms with van der Waals surface area (Å²) in [6, 6.07) is 12.4. The van der Waals surface area contributed by atoms with Crippen molar-refractivity contribution >= 4 is 17.4 Å². The first-order chi connectivity index (χ1) is 12.8. The molecule has 4 rings (SSSR count). The fourth-order valence-electron chi connectivity index (χ4n) is 3.89. The van der Waals surface area contributed by atoms with Crippen LogP contribution in [0.5, 0.6) is 0 Å². The van der Waals surface area contributed by atoms with E-state index in [1.54, 1.807) is 6.20 Å². The van der Waals surface area contributed by atoms with E-state index in [-0.39, 0.29) is 5.91 Å². The van der Waals surface area contributed by atoms with Gasteiger partial charge in [-0.15, -0.1) is 0 Å². The number of rotatable bonds is 3. The van der Waals surface area contributed by atoms with E-state index >= 15 is 0 Å². The van der Waals surface area contributed by atoms with Gasteiger partial charge in [-0.05, 0) is 43.1 Å². The molecular formula is C21H26N4O. The number of aromatic nitrogens is 1. The minimum Gasteiger partial charge on any atom is -0.336 e. The van der Waals surface area contributed by atoms with Gasteiger partial charge in [-0.2, -0.15) is 0 Å². The highest BCUT2D eigenvalue weighted by molar-refractivity contribution is 5.94. The molecule has 2 aromatic rings. The summed E-state index contributed by atoms with van der Waals surface area (Å²) in [5, 5.41) is 0. The topological polar surface area (TPSA) is 39.7 Å². The smallest absolute Gasteiger partial charge is 0.255 e. The molecule has 0 atom stereocenters. The first kappa shape index (κ1) is 17.0. The quantitative estimate of drug-likeness (QED) is 0.853. The van der Waals surface area contributed by atoms with Crippen LogP contribution in [0.25, 0.3) is 0 Å². The Bertz CT molecular complexity index is 766. The van der Waals surface area contributed by atoms with Crippen LogP contribution in [-0.4, -0.2) is 60.0 Å². The van der Waals surface area contributed by atoms with E-state index in [9.17, 15) is 4.79 Å². The van der Waals surface area contributed by atoms with Gasteiger partial charge >= 0.3 is 0 Å². The predicted molar refractivity (Wildman–Crippen MR) is 104 cm³/mol. The molecule has 2 aliphatic rings. The first-order valence-corrected chi connectivity index (χ1v) is 9.59. The number of benzene rings is 1. The lowest BCUT2D eigenvalue weighted by molar-refractivity contribution is 0.0643. The van der Waals surface area contributed by atoms with Crippen LogP contribution in [0.3, 0.4) is 0 Å². The SMILES string of the molecule is CCN1CCN(C(=O)c2ccc(N3CCCc4ccccc43)nc2)CC1. The van der Waals surface area contributed by atoms with Crippen LogP contribution in [-0.2, 0) is 6.42 Å². The Balaban J connectivity index is 1.49. The molecule has 0 unspecified atom stereocenters. The molecule has 2 aliphatic heterocycles. The van der Waals surface area contributed by atoms with E-state index in [2.05, 4.69) is 46.0 Å². The summed E-state index contributed by atoms with van der Waals surface area (Å²) >= 11 is 0. The largest absolute Gasteiger partial charge is 0.336 e. The molecule has 136 valence electrons. The zero-order valence-corrected chi connectivity index (χ0v) is 15.4. The molecule has 1 amide bonds. The third-order valence-electron chi connectivity index (χ3n) is 5.49. The highest BCUT2D eigenvalue weighted by atomic mass is 16.2. The standard InChI is InChI=1S/C21H26N4O/c1-2-23-12-14-24(15-13-23)21(26)18-9-10-20(22-16-18)25-11-5-7-17-6-3-4-8-19(17)25/h3-4,6,8-10,16H,2,5,7,11-15H2,1H3. The second kappa shape index (κ2) is 7.46. The monoisotopic (exact) mass is 350 g/mol. The van der Waals surface area contributed by atoms with Gasteiger partial charge in [-0.1, -0.05) is 25.1 Å². The van der Waals surface area contributed by atoms with Crippen molar-refractivity contribution in [3.05, 3.63) is 53.7 Å². The number of piperazine rings is 1. The maximum atomic E-state index is 12.7. The molecule has 1 saturated heterocycles. The van der Waals surface area contributed by atoms with E-state index in [4.69, 9.17) is 0 Å². The van der Waals surface area contributed by atoms with Crippen LogP contribution in [0.2, 0.25) is 0 Å². The van der Waals surface area contributed by atoms with Gasteiger partial charge in [0.2, 0.25) is 0 Å². The minimum absolute atomic E-state index is 0.0962. The summed E-state index contributed by atoms with van der Waals surface area (Å²) in [6.45, 7) is 7.70. The van der Waals surface area contributed by atoms with Crippen molar-refractivity contribution in [2.45, 2.75) is 19.8 Å². The summed E-state index contributed by atoms with van der Waals surface area (Å²) in [6.07, 6.45) is 3.98. The number of anilines is 2. The van der Waals surface area contributed by atoms with Gasteiger partial charge in [0.05, 0.1) is 5.56 Å².